The zero-order valence-electron chi connectivity index (χ0n) is 10.1. The van der Waals surface area contributed by atoms with E-state index in [1.807, 2.05) is 18.3 Å². The molecule has 0 bridgehead atoms. The zero-order valence-corrected chi connectivity index (χ0v) is 13.3. The molecule has 4 nitrogen and oxygen atoms in total. The van der Waals surface area contributed by atoms with Crippen molar-refractivity contribution >= 4 is 43.5 Å². The van der Waals surface area contributed by atoms with E-state index in [9.17, 15) is 4.39 Å². The third-order valence-electron chi connectivity index (χ3n) is 2.76. The van der Waals surface area contributed by atoms with Crippen molar-refractivity contribution in [3.63, 3.8) is 0 Å². The number of nitrogens with zero attached hydrogens (tertiary/aromatic N) is 3. The Kier molecular flexibility index (Phi) is 3.71. The summed E-state index contributed by atoms with van der Waals surface area (Å²) in [5, 5.41) is 7.38. The summed E-state index contributed by atoms with van der Waals surface area (Å²) in [6.07, 6.45) is 1.82. The minimum Gasteiger partial charge on any atom is -0.349 e. The fourth-order valence-corrected chi connectivity index (χ4v) is 2.61. The molecular weight excluding hydrogens is 391 g/mol. The lowest BCUT2D eigenvalue weighted by atomic mass is 10.2. The van der Waals surface area contributed by atoms with Gasteiger partial charge in [-0.25, -0.2) is 8.91 Å². The predicted molar refractivity (Wildman–Crippen MR) is 82.1 cm³/mol. The van der Waals surface area contributed by atoms with Crippen molar-refractivity contribution in [2.75, 3.05) is 5.32 Å². The van der Waals surface area contributed by atoms with Crippen molar-refractivity contribution in [2.24, 2.45) is 0 Å². The SMILES string of the molecule is Fc1ccc(Br)c(CNc2nc3c(Br)cccn3n2)c1. The molecule has 2 heterocycles. The van der Waals surface area contributed by atoms with Crippen molar-refractivity contribution in [3.05, 3.63) is 56.9 Å². The topological polar surface area (TPSA) is 42.2 Å². The van der Waals surface area contributed by atoms with Gasteiger partial charge in [0.2, 0.25) is 5.95 Å². The van der Waals surface area contributed by atoms with Crippen LogP contribution in [0.4, 0.5) is 10.3 Å². The third-order valence-corrected chi connectivity index (χ3v) is 4.15. The van der Waals surface area contributed by atoms with Gasteiger partial charge in [0.25, 0.3) is 0 Å². The predicted octanol–water partition coefficient (Wildman–Crippen LogP) is 4.01. The fraction of sp³-hybridized carbons (Fsp3) is 0.0769. The van der Waals surface area contributed by atoms with Gasteiger partial charge in [-0.3, -0.25) is 0 Å². The van der Waals surface area contributed by atoms with Crippen LogP contribution < -0.4 is 5.32 Å². The second kappa shape index (κ2) is 5.49. The summed E-state index contributed by atoms with van der Waals surface area (Å²) in [6, 6.07) is 8.34. The number of benzene rings is 1. The van der Waals surface area contributed by atoms with Crippen molar-refractivity contribution < 1.29 is 4.39 Å². The van der Waals surface area contributed by atoms with Crippen LogP contribution in [-0.4, -0.2) is 14.6 Å². The van der Waals surface area contributed by atoms with Crippen LogP contribution in [0.15, 0.2) is 45.5 Å². The smallest absolute Gasteiger partial charge is 0.243 e. The number of halogens is 3. The number of anilines is 1. The summed E-state index contributed by atoms with van der Waals surface area (Å²) in [5.74, 6) is 0.226. The minimum absolute atomic E-state index is 0.268. The number of rotatable bonds is 3. The monoisotopic (exact) mass is 398 g/mol. The molecule has 0 atom stereocenters. The average molecular weight is 400 g/mol. The van der Waals surface area contributed by atoms with E-state index in [0.29, 0.717) is 12.5 Å². The Hall–Kier alpha value is -1.47. The molecule has 0 aliphatic rings. The van der Waals surface area contributed by atoms with Crippen molar-refractivity contribution in [1.82, 2.24) is 14.6 Å². The molecule has 0 unspecified atom stereocenters. The van der Waals surface area contributed by atoms with E-state index in [1.54, 1.807) is 10.6 Å². The second-order valence-corrected chi connectivity index (χ2v) is 5.86. The van der Waals surface area contributed by atoms with Crippen molar-refractivity contribution in [1.29, 1.82) is 0 Å². The lowest BCUT2D eigenvalue weighted by Gasteiger charge is -2.04. The first-order valence-corrected chi connectivity index (χ1v) is 7.41. The maximum atomic E-state index is 13.2. The van der Waals surface area contributed by atoms with E-state index < -0.39 is 0 Å². The van der Waals surface area contributed by atoms with Crippen molar-refractivity contribution in [3.8, 4) is 0 Å². The maximum absolute atomic E-state index is 13.2. The molecule has 1 aromatic carbocycles. The van der Waals surface area contributed by atoms with Gasteiger partial charge in [-0.05, 0) is 51.8 Å². The van der Waals surface area contributed by atoms with Crippen LogP contribution in [0.2, 0.25) is 0 Å². The quantitative estimate of drug-likeness (QED) is 0.723. The van der Waals surface area contributed by atoms with Crippen LogP contribution in [0, 0.1) is 5.82 Å². The molecule has 3 aromatic rings. The van der Waals surface area contributed by atoms with E-state index in [0.717, 1.165) is 20.2 Å². The van der Waals surface area contributed by atoms with Gasteiger partial charge < -0.3 is 5.32 Å². The Morgan fingerprint density at radius 1 is 1.20 bits per heavy atom. The first-order valence-electron chi connectivity index (χ1n) is 5.82. The molecule has 0 aliphatic carbocycles. The number of hydrogen-bond donors (Lipinski definition) is 1. The summed E-state index contributed by atoms with van der Waals surface area (Å²) < 4.78 is 16.6. The first kappa shape index (κ1) is 13.5. The molecule has 7 heteroatoms. The molecule has 0 fully saturated rings. The van der Waals surface area contributed by atoms with Crippen molar-refractivity contribution in [2.45, 2.75) is 6.54 Å². The van der Waals surface area contributed by atoms with Gasteiger partial charge in [-0.15, -0.1) is 5.10 Å². The summed E-state index contributed by atoms with van der Waals surface area (Å²) in [7, 11) is 0. The van der Waals surface area contributed by atoms with Crippen LogP contribution in [0.1, 0.15) is 5.56 Å². The molecule has 20 heavy (non-hydrogen) atoms. The standard InChI is InChI=1S/C13H9Br2FN4/c14-10-4-3-9(16)6-8(10)7-17-13-18-12-11(15)2-1-5-20(12)19-13/h1-6H,7H2,(H,17,19). The van der Waals surface area contributed by atoms with E-state index in [-0.39, 0.29) is 5.82 Å². The van der Waals surface area contributed by atoms with Crippen LogP contribution >= 0.6 is 31.9 Å². The Morgan fingerprint density at radius 3 is 2.85 bits per heavy atom. The van der Waals surface area contributed by atoms with E-state index >= 15 is 0 Å². The Balaban J connectivity index is 1.83. The number of aromatic nitrogens is 3. The molecule has 0 saturated carbocycles. The van der Waals surface area contributed by atoms with Crippen LogP contribution in [0.25, 0.3) is 5.65 Å². The minimum atomic E-state index is -0.268. The average Bonchev–Trinajstić information content (AvgIpc) is 2.84. The largest absolute Gasteiger partial charge is 0.349 e. The van der Waals surface area contributed by atoms with E-state index in [4.69, 9.17) is 0 Å². The summed E-state index contributed by atoms with van der Waals surface area (Å²) in [6.45, 7) is 0.437. The Labute approximate surface area is 131 Å². The number of fused-ring (bicyclic) bond motifs is 1. The van der Waals surface area contributed by atoms with Crippen LogP contribution in [-0.2, 0) is 6.54 Å². The lowest BCUT2D eigenvalue weighted by molar-refractivity contribution is 0.625. The Morgan fingerprint density at radius 2 is 2.05 bits per heavy atom. The summed E-state index contributed by atoms with van der Waals surface area (Å²) in [4.78, 5) is 4.36. The van der Waals surface area contributed by atoms with Gasteiger partial charge in [0.05, 0.1) is 4.47 Å². The summed E-state index contributed by atoms with van der Waals surface area (Å²) >= 11 is 6.81. The van der Waals surface area contributed by atoms with Gasteiger partial charge in [-0.1, -0.05) is 15.9 Å². The number of pyridine rings is 1. The molecule has 3 rings (SSSR count). The van der Waals surface area contributed by atoms with Gasteiger partial charge in [0.1, 0.15) is 5.82 Å². The molecule has 2 aromatic heterocycles. The van der Waals surface area contributed by atoms with Gasteiger partial charge >= 0.3 is 0 Å². The third kappa shape index (κ3) is 2.69. The lowest BCUT2D eigenvalue weighted by Crippen LogP contribution is -2.02. The maximum Gasteiger partial charge on any atom is 0.243 e. The molecule has 0 radical (unpaired) electrons. The molecule has 0 spiro atoms. The highest BCUT2D eigenvalue weighted by Crippen LogP contribution is 2.20. The molecular formula is C13H9Br2FN4. The second-order valence-electron chi connectivity index (χ2n) is 4.15. The van der Waals surface area contributed by atoms with Crippen LogP contribution in [0.3, 0.4) is 0 Å². The first-order chi connectivity index (χ1) is 9.63. The van der Waals surface area contributed by atoms with Gasteiger partial charge in [-0.2, -0.15) is 4.98 Å². The van der Waals surface area contributed by atoms with E-state index in [2.05, 4.69) is 47.3 Å². The molecule has 0 saturated heterocycles. The molecule has 102 valence electrons. The highest BCUT2D eigenvalue weighted by atomic mass is 79.9. The highest BCUT2D eigenvalue weighted by molar-refractivity contribution is 9.11. The van der Waals surface area contributed by atoms with Gasteiger partial charge in [0.15, 0.2) is 5.65 Å². The van der Waals surface area contributed by atoms with Gasteiger partial charge in [0, 0.05) is 17.2 Å². The fourth-order valence-electron chi connectivity index (χ4n) is 1.80. The molecule has 0 amide bonds. The highest BCUT2D eigenvalue weighted by Gasteiger charge is 2.07. The number of hydrogen-bond acceptors (Lipinski definition) is 3. The van der Waals surface area contributed by atoms with Crippen LogP contribution in [0.5, 0.6) is 0 Å². The molecule has 1 N–H and O–H groups in total. The number of nitrogens with one attached hydrogen (secondary N) is 1. The zero-order chi connectivity index (χ0) is 14.1. The normalized spacial score (nSPS) is 10.9. The van der Waals surface area contributed by atoms with E-state index in [1.165, 1.54) is 12.1 Å². The Bertz CT molecular complexity index is 772. The molecule has 0 aliphatic heterocycles. The summed E-state index contributed by atoms with van der Waals surface area (Å²) in [5.41, 5.74) is 1.54.